The first kappa shape index (κ1) is 9.79. The van der Waals surface area contributed by atoms with Crippen molar-refractivity contribution in [3.05, 3.63) is 0 Å². The second kappa shape index (κ2) is 5.57. The van der Waals surface area contributed by atoms with Gasteiger partial charge < -0.3 is 4.90 Å². The van der Waals surface area contributed by atoms with Crippen molar-refractivity contribution >= 4 is 12.1 Å². The summed E-state index contributed by atoms with van der Waals surface area (Å²) in [6.45, 7) is 0.622. The van der Waals surface area contributed by atoms with E-state index < -0.39 is 0 Å². The van der Waals surface area contributed by atoms with Crippen LogP contribution in [0.3, 0.4) is 0 Å². The largest absolute Gasteiger partial charge is 0.304 e. The molecular weight excluding hydrogens is 142 g/mol. The van der Waals surface area contributed by atoms with E-state index in [-0.39, 0.29) is 12.3 Å². The Kier molecular flexibility index (Phi) is 4.95. The van der Waals surface area contributed by atoms with Gasteiger partial charge in [0, 0.05) is 12.8 Å². The molecule has 1 amide bonds. The number of aliphatic imine (C=N–C) groups is 1. The SMILES string of the molecule is CN(C)CC=NC(=O)CC#N. The highest BCUT2D eigenvalue weighted by atomic mass is 16.1. The Morgan fingerprint density at radius 1 is 1.73 bits per heavy atom. The quantitative estimate of drug-likeness (QED) is 0.539. The molecule has 0 aromatic carbocycles. The van der Waals surface area contributed by atoms with E-state index in [0.29, 0.717) is 6.54 Å². The van der Waals surface area contributed by atoms with E-state index in [2.05, 4.69) is 4.99 Å². The van der Waals surface area contributed by atoms with E-state index in [1.54, 1.807) is 6.07 Å². The highest BCUT2D eigenvalue weighted by Crippen LogP contribution is 1.80. The number of carbonyl (C=O) groups excluding carboxylic acids is 1. The van der Waals surface area contributed by atoms with Gasteiger partial charge in [-0.3, -0.25) is 4.79 Å². The zero-order chi connectivity index (χ0) is 8.69. The lowest BCUT2D eigenvalue weighted by Gasteiger charge is -2.01. The maximum absolute atomic E-state index is 10.6. The summed E-state index contributed by atoms with van der Waals surface area (Å²) in [5.41, 5.74) is 0. The Balaban J connectivity index is 3.59. The Bertz CT molecular complexity index is 190. The molecular formula is C7H11N3O. The zero-order valence-electron chi connectivity index (χ0n) is 6.74. The van der Waals surface area contributed by atoms with E-state index >= 15 is 0 Å². The molecule has 0 heterocycles. The molecule has 0 aliphatic rings. The highest BCUT2D eigenvalue weighted by Gasteiger charge is 1.93. The van der Waals surface area contributed by atoms with E-state index in [1.807, 2.05) is 19.0 Å². The van der Waals surface area contributed by atoms with Gasteiger partial charge in [0.25, 0.3) is 5.91 Å². The van der Waals surface area contributed by atoms with Crippen LogP contribution in [-0.4, -0.2) is 37.7 Å². The van der Waals surface area contributed by atoms with Crippen LogP contribution < -0.4 is 0 Å². The van der Waals surface area contributed by atoms with Gasteiger partial charge >= 0.3 is 0 Å². The van der Waals surface area contributed by atoms with Crippen LogP contribution in [0.4, 0.5) is 0 Å². The lowest BCUT2D eigenvalue weighted by atomic mass is 10.4. The second-order valence-electron chi connectivity index (χ2n) is 2.30. The average molecular weight is 153 g/mol. The molecule has 0 aromatic rings. The van der Waals surface area contributed by atoms with Gasteiger partial charge in [-0.25, -0.2) is 4.99 Å². The Morgan fingerprint density at radius 2 is 2.36 bits per heavy atom. The summed E-state index contributed by atoms with van der Waals surface area (Å²) in [4.78, 5) is 16.0. The van der Waals surface area contributed by atoms with Gasteiger partial charge in [0.15, 0.2) is 0 Å². The predicted molar refractivity (Wildman–Crippen MR) is 42.3 cm³/mol. The highest BCUT2D eigenvalue weighted by molar-refractivity contribution is 5.86. The van der Waals surface area contributed by atoms with Crippen molar-refractivity contribution in [3.63, 3.8) is 0 Å². The molecule has 0 saturated heterocycles. The van der Waals surface area contributed by atoms with Gasteiger partial charge in [0.1, 0.15) is 6.42 Å². The molecule has 60 valence electrons. The number of carbonyl (C=O) groups is 1. The molecule has 0 unspecified atom stereocenters. The summed E-state index contributed by atoms with van der Waals surface area (Å²) in [6.07, 6.45) is 1.36. The number of rotatable bonds is 3. The van der Waals surface area contributed by atoms with Crippen molar-refractivity contribution in [2.24, 2.45) is 4.99 Å². The van der Waals surface area contributed by atoms with Gasteiger partial charge in [-0.1, -0.05) is 0 Å². The third kappa shape index (κ3) is 6.68. The minimum Gasteiger partial charge on any atom is -0.304 e. The standard InChI is InChI=1S/C7H11N3O/c1-10(2)6-5-9-7(11)3-4-8/h5H,3,6H2,1-2H3. The van der Waals surface area contributed by atoms with Crippen LogP contribution in [-0.2, 0) is 4.79 Å². The molecule has 0 spiro atoms. The normalized spacial score (nSPS) is 10.4. The third-order valence-electron chi connectivity index (χ3n) is 0.912. The molecule has 0 N–H and O–H groups in total. The number of hydrogen-bond donors (Lipinski definition) is 0. The van der Waals surface area contributed by atoms with Crippen molar-refractivity contribution in [3.8, 4) is 6.07 Å². The van der Waals surface area contributed by atoms with E-state index in [0.717, 1.165) is 0 Å². The van der Waals surface area contributed by atoms with Gasteiger partial charge in [-0.05, 0) is 14.1 Å². The van der Waals surface area contributed by atoms with Crippen LogP contribution in [0.2, 0.25) is 0 Å². The Labute approximate surface area is 66.1 Å². The topological polar surface area (TPSA) is 56.5 Å². The average Bonchev–Trinajstić information content (AvgIpc) is 1.87. The Morgan fingerprint density at radius 3 is 2.82 bits per heavy atom. The van der Waals surface area contributed by atoms with Gasteiger partial charge in [-0.2, -0.15) is 5.26 Å². The van der Waals surface area contributed by atoms with Crippen molar-refractivity contribution in [2.45, 2.75) is 6.42 Å². The first-order valence-electron chi connectivity index (χ1n) is 3.24. The molecule has 0 bridgehead atoms. The molecule has 0 fully saturated rings. The molecule has 0 atom stereocenters. The van der Waals surface area contributed by atoms with Crippen molar-refractivity contribution in [1.82, 2.24) is 4.90 Å². The molecule has 4 nitrogen and oxygen atoms in total. The van der Waals surface area contributed by atoms with Gasteiger partial charge in [0.05, 0.1) is 6.07 Å². The fourth-order valence-electron chi connectivity index (χ4n) is 0.419. The minimum atomic E-state index is -0.380. The molecule has 0 aliphatic heterocycles. The monoisotopic (exact) mass is 153 g/mol. The smallest absolute Gasteiger partial charge is 0.259 e. The maximum atomic E-state index is 10.6. The van der Waals surface area contributed by atoms with Crippen LogP contribution in [0.5, 0.6) is 0 Å². The fraction of sp³-hybridized carbons (Fsp3) is 0.571. The minimum absolute atomic E-state index is 0.135. The summed E-state index contributed by atoms with van der Waals surface area (Å²) in [7, 11) is 3.75. The number of nitriles is 1. The van der Waals surface area contributed by atoms with E-state index in [4.69, 9.17) is 5.26 Å². The summed E-state index contributed by atoms with van der Waals surface area (Å²) in [5, 5.41) is 8.09. The summed E-state index contributed by atoms with van der Waals surface area (Å²) >= 11 is 0. The van der Waals surface area contributed by atoms with Crippen molar-refractivity contribution in [2.75, 3.05) is 20.6 Å². The molecule has 0 saturated carbocycles. The molecule has 4 heteroatoms. The zero-order valence-corrected chi connectivity index (χ0v) is 6.74. The van der Waals surface area contributed by atoms with Crippen LogP contribution >= 0.6 is 0 Å². The van der Waals surface area contributed by atoms with Gasteiger partial charge in [-0.15, -0.1) is 0 Å². The van der Waals surface area contributed by atoms with Crippen molar-refractivity contribution < 1.29 is 4.79 Å². The first-order valence-corrected chi connectivity index (χ1v) is 3.24. The fourth-order valence-corrected chi connectivity index (χ4v) is 0.419. The van der Waals surface area contributed by atoms with Crippen molar-refractivity contribution in [1.29, 1.82) is 5.26 Å². The molecule has 11 heavy (non-hydrogen) atoms. The predicted octanol–water partition coefficient (Wildman–Crippen LogP) is 0.0591. The lowest BCUT2D eigenvalue weighted by Crippen LogP contribution is -2.14. The molecule has 0 aliphatic carbocycles. The summed E-state index contributed by atoms with van der Waals surface area (Å²) in [5.74, 6) is -0.380. The lowest BCUT2D eigenvalue weighted by molar-refractivity contribution is -0.116. The van der Waals surface area contributed by atoms with Crippen LogP contribution in [0, 0.1) is 11.3 Å². The number of hydrogen-bond acceptors (Lipinski definition) is 3. The second-order valence-corrected chi connectivity index (χ2v) is 2.30. The number of amides is 1. The van der Waals surface area contributed by atoms with E-state index in [1.165, 1.54) is 6.21 Å². The maximum Gasteiger partial charge on any atom is 0.259 e. The first-order chi connectivity index (χ1) is 5.16. The molecule has 0 aromatic heterocycles. The van der Waals surface area contributed by atoms with E-state index in [9.17, 15) is 4.79 Å². The van der Waals surface area contributed by atoms with Crippen LogP contribution in [0.25, 0.3) is 0 Å². The van der Waals surface area contributed by atoms with Crippen LogP contribution in [0.1, 0.15) is 6.42 Å². The Hall–Kier alpha value is -1.21. The number of nitrogens with zero attached hydrogens (tertiary/aromatic N) is 3. The summed E-state index contributed by atoms with van der Waals surface area (Å²) in [6, 6.07) is 1.73. The molecule has 0 radical (unpaired) electrons. The molecule has 0 rings (SSSR count). The third-order valence-corrected chi connectivity index (χ3v) is 0.912. The van der Waals surface area contributed by atoms with Gasteiger partial charge in [0.2, 0.25) is 0 Å². The summed E-state index contributed by atoms with van der Waals surface area (Å²) < 4.78 is 0. The van der Waals surface area contributed by atoms with Crippen LogP contribution in [0.15, 0.2) is 4.99 Å².